The van der Waals surface area contributed by atoms with Crippen LogP contribution in [0.3, 0.4) is 0 Å². The zero-order valence-corrected chi connectivity index (χ0v) is 14.7. The molecule has 2 aliphatic heterocycles. The number of nitrogens with zero attached hydrogens (tertiary/aromatic N) is 2. The predicted molar refractivity (Wildman–Crippen MR) is 90.9 cm³/mol. The molecule has 24 heavy (non-hydrogen) atoms. The standard InChI is InChI=1S/C17H24N2O4S/c1-18-10-15-11-19(9-5-8-17(15,13-18)16(20)21)24(22,23)12-14-6-3-2-4-7-14/h2-4,6-7,15H,5,8-13H2,1H3,(H,20,21)/t15-,17+/m1/s1. The lowest BCUT2D eigenvalue weighted by Gasteiger charge is -2.29. The van der Waals surface area contributed by atoms with E-state index in [1.54, 1.807) is 12.1 Å². The van der Waals surface area contributed by atoms with Gasteiger partial charge in [0.1, 0.15) is 0 Å². The number of rotatable bonds is 4. The SMILES string of the molecule is CN1C[C@@H]2CN(S(=O)(=O)Cc3ccccc3)CCC[C@]2(C(=O)O)C1. The molecule has 0 bridgehead atoms. The quantitative estimate of drug-likeness (QED) is 0.882. The molecule has 0 amide bonds. The summed E-state index contributed by atoms with van der Waals surface area (Å²) in [5.74, 6) is -0.983. The third-order valence-corrected chi connectivity index (χ3v) is 7.15. The Balaban J connectivity index is 1.82. The van der Waals surface area contributed by atoms with Crippen molar-refractivity contribution in [1.82, 2.24) is 9.21 Å². The Morgan fingerprint density at radius 1 is 1.29 bits per heavy atom. The van der Waals surface area contributed by atoms with E-state index in [9.17, 15) is 18.3 Å². The van der Waals surface area contributed by atoms with E-state index in [0.717, 1.165) is 5.56 Å². The average Bonchev–Trinajstić information content (AvgIpc) is 2.72. The molecule has 0 saturated carbocycles. The first-order chi connectivity index (χ1) is 11.3. The summed E-state index contributed by atoms with van der Waals surface area (Å²) in [7, 11) is -1.54. The molecule has 2 heterocycles. The highest BCUT2D eigenvalue weighted by Crippen LogP contribution is 2.42. The Bertz CT molecular complexity index is 707. The van der Waals surface area contributed by atoms with Crippen molar-refractivity contribution < 1.29 is 18.3 Å². The molecule has 1 aromatic rings. The van der Waals surface area contributed by atoms with E-state index in [2.05, 4.69) is 0 Å². The minimum absolute atomic E-state index is 0.0313. The maximum absolute atomic E-state index is 12.8. The summed E-state index contributed by atoms with van der Waals surface area (Å²) in [6.45, 7) is 1.83. The minimum atomic E-state index is -3.45. The Morgan fingerprint density at radius 3 is 2.67 bits per heavy atom. The molecule has 2 fully saturated rings. The number of hydrogen-bond donors (Lipinski definition) is 1. The van der Waals surface area contributed by atoms with Crippen LogP contribution in [0.15, 0.2) is 30.3 Å². The lowest BCUT2D eigenvalue weighted by atomic mass is 9.75. The van der Waals surface area contributed by atoms with Crippen LogP contribution in [-0.2, 0) is 20.6 Å². The van der Waals surface area contributed by atoms with Gasteiger partial charge in [0.05, 0.1) is 11.2 Å². The Labute approximate surface area is 143 Å². The molecule has 0 unspecified atom stereocenters. The maximum atomic E-state index is 12.8. The molecule has 0 aliphatic carbocycles. The van der Waals surface area contributed by atoms with Crippen molar-refractivity contribution in [3.05, 3.63) is 35.9 Å². The van der Waals surface area contributed by atoms with E-state index < -0.39 is 21.4 Å². The summed E-state index contributed by atoms with van der Waals surface area (Å²) in [5, 5.41) is 9.77. The van der Waals surface area contributed by atoms with Gasteiger partial charge in [0, 0.05) is 32.1 Å². The van der Waals surface area contributed by atoms with Crippen molar-refractivity contribution in [2.45, 2.75) is 18.6 Å². The molecule has 3 rings (SSSR count). The molecule has 2 aliphatic rings. The largest absolute Gasteiger partial charge is 0.481 e. The summed E-state index contributed by atoms with van der Waals surface area (Å²) in [6, 6.07) is 9.13. The highest BCUT2D eigenvalue weighted by Gasteiger charge is 2.53. The van der Waals surface area contributed by atoms with Crippen molar-refractivity contribution in [3.63, 3.8) is 0 Å². The smallest absolute Gasteiger partial charge is 0.311 e. The molecule has 132 valence electrons. The van der Waals surface area contributed by atoms with E-state index in [1.165, 1.54) is 4.31 Å². The molecule has 2 saturated heterocycles. The second-order valence-electron chi connectivity index (χ2n) is 7.06. The number of aliphatic carboxylic acids is 1. The van der Waals surface area contributed by atoms with Gasteiger partial charge in [-0.2, -0.15) is 0 Å². The van der Waals surface area contributed by atoms with Gasteiger partial charge < -0.3 is 10.0 Å². The van der Waals surface area contributed by atoms with E-state index >= 15 is 0 Å². The maximum Gasteiger partial charge on any atom is 0.311 e. The van der Waals surface area contributed by atoms with Crippen LogP contribution in [0.2, 0.25) is 0 Å². The summed E-state index contributed by atoms with van der Waals surface area (Å²) >= 11 is 0. The van der Waals surface area contributed by atoms with Gasteiger partial charge in [-0.25, -0.2) is 12.7 Å². The molecule has 1 N–H and O–H groups in total. The van der Waals surface area contributed by atoms with Gasteiger partial charge in [0.15, 0.2) is 0 Å². The molecule has 0 aromatic heterocycles. The average molecular weight is 352 g/mol. The van der Waals surface area contributed by atoms with Gasteiger partial charge in [-0.3, -0.25) is 4.79 Å². The molecule has 0 spiro atoms. The van der Waals surface area contributed by atoms with Crippen LogP contribution in [-0.4, -0.2) is 61.9 Å². The summed E-state index contributed by atoms with van der Waals surface area (Å²) < 4.78 is 27.1. The van der Waals surface area contributed by atoms with E-state index in [1.807, 2.05) is 30.1 Å². The second kappa shape index (κ2) is 6.46. The molecular weight excluding hydrogens is 328 g/mol. The van der Waals surface area contributed by atoms with Gasteiger partial charge in [-0.05, 0) is 25.5 Å². The van der Waals surface area contributed by atoms with Gasteiger partial charge in [0.2, 0.25) is 10.0 Å². The number of sulfonamides is 1. The molecule has 2 atom stereocenters. The zero-order chi connectivity index (χ0) is 17.4. The molecule has 7 heteroatoms. The first-order valence-electron chi connectivity index (χ1n) is 8.27. The number of carboxylic acids is 1. The van der Waals surface area contributed by atoms with E-state index in [0.29, 0.717) is 39.0 Å². The van der Waals surface area contributed by atoms with Crippen molar-refractivity contribution in [3.8, 4) is 0 Å². The zero-order valence-electron chi connectivity index (χ0n) is 13.9. The van der Waals surface area contributed by atoms with Crippen molar-refractivity contribution in [1.29, 1.82) is 0 Å². The lowest BCUT2D eigenvalue weighted by Crippen LogP contribution is -2.42. The van der Waals surface area contributed by atoms with Crippen LogP contribution in [0, 0.1) is 11.3 Å². The first-order valence-corrected chi connectivity index (χ1v) is 9.88. The van der Waals surface area contributed by atoms with Crippen LogP contribution in [0.4, 0.5) is 0 Å². The highest BCUT2D eigenvalue weighted by molar-refractivity contribution is 7.88. The van der Waals surface area contributed by atoms with Gasteiger partial charge in [0.25, 0.3) is 0 Å². The summed E-state index contributed by atoms with van der Waals surface area (Å²) in [5.41, 5.74) is -0.0547. The van der Waals surface area contributed by atoms with Crippen LogP contribution >= 0.6 is 0 Å². The fourth-order valence-corrected chi connectivity index (χ4v) is 5.74. The van der Waals surface area contributed by atoms with Crippen LogP contribution in [0.25, 0.3) is 0 Å². The number of fused-ring (bicyclic) bond motifs is 1. The lowest BCUT2D eigenvalue weighted by molar-refractivity contribution is -0.150. The van der Waals surface area contributed by atoms with Gasteiger partial charge in [-0.1, -0.05) is 30.3 Å². The number of likely N-dealkylation sites (tertiary alicyclic amines) is 1. The number of hydrogen-bond acceptors (Lipinski definition) is 4. The van der Waals surface area contributed by atoms with Crippen LogP contribution < -0.4 is 0 Å². The first kappa shape index (κ1) is 17.4. The number of carbonyl (C=O) groups is 1. The van der Waals surface area contributed by atoms with Crippen molar-refractivity contribution in [2.24, 2.45) is 11.3 Å². The van der Waals surface area contributed by atoms with E-state index in [4.69, 9.17) is 0 Å². The fourth-order valence-electron chi connectivity index (χ4n) is 4.13. The molecule has 0 radical (unpaired) electrons. The predicted octanol–water partition coefficient (Wildman–Crippen LogP) is 1.24. The molecule has 1 aromatic carbocycles. The van der Waals surface area contributed by atoms with Crippen molar-refractivity contribution in [2.75, 3.05) is 33.2 Å². The highest BCUT2D eigenvalue weighted by atomic mass is 32.2. The summed E-state index contributed by atoms with van der Waals surface area (Å²) in [6.07, 6.45) is 1.12. The second-order valence-corrected chi connectivity index (χ2v) is 9.03. The van der Waals surface area contributed by atoms with Crippen molar-refractivity contribution >= 4 is 16.0 Å². The number of carboxylic acid groups (broad SMARTS) is 1. The normalized spacial score (nSPS) is 29.1. The Hall–Kier alpha value is -1.44. The van der Waals surface area contributed by atoms with Crippen LogP contribution in [0.1, 0.15) is 18.4 Å². The topological polar surface area (TPSA) is 77.9 Å². The van der Waals surface area contributed by atoms with Gasteiger partial charge in [-0.15, -0.1) is 0 Å². The minimum Gasteiger partial charge on any atom is -0.481 e. The molecular formula is C17H24N2O4S. The third kappa shape index (κ3) is 3.20. The summed E-state index contributed by atoms with van der Waals surface area (Å²) in [4.78, 5) is 13.9. The Morgan fingerprint density at radius 2 is 2.00 bits per heavy atom. The Kier molecular flexibility index (Phi) is 4.68. The molecule has 6 nitrogen and oxygen atoms in total. The van der Waals surface area contributed by atoms with E-state index in [-0.39, 0.29) is 11.7 Å². The third-order valence-electron chi connectivity index (χ3n) is 5.33. The van der Waals surface area contributed by atoms with Gasteiger partial charge >= 0.3 is 5.97 Å². The monoisotopic (exact) mass is 352 g/mol. The fraction of sp³-hybridized carbons (Fsp3) is 0.588. The number of benzene rings is 1. The van der Waals surface area contributed by atoms with Crippen LogP contribution in [0.5, 0.6) is 0 Å².